The molecule has 5 aromatic rings. The van der Waals surface area contributed by atoms with Crippen molar-refractivity contribution in [2.24, 2.45) is 0 Å². The van der Waals surface area contributed by atoms with E-state index >= 15 is 0 Å². The Morgan fingerprint density at radius 1 is 0.583 bits per heavy atom. The molecule has 3 N–H and O–H groups in total. The van der Waals surface area contributed by atoms with E-state index in [4.69, 9.17) is 0 Å². The van der Waals surface area contributed by atoms with Crippen LogP contribution in [0.3, 0.4) is 0 Å². The lowest BCUT2D eigenvalue weighted by Gasteiger charge is -2.16. The monoisotopic (exact) mass is 488 g/mol. The van der Waals surface area contributed by atoms with E-state index in [9.17, 15) is 28.5 Å². The molecular weight excluding hydrogens is 469 g/mol. The van der Waals surface area contributed by atoms with E-state index in [0.717, 1.165) is 6.07 Å². The number of nitrogens with zero attached hydrogens (tertiary/aromatic N) is 2. The molecule has 0 atom stereocenters. The number of phenolic OH excluding ortho intramolecular Hbond substituents is 3. The number of aromatic hydroxyl groups is 3. The maximum Gasteiger partial charge on any atom is 0.418 e. The van der Waals surface area contributed by atoms with Gasteiger partial charge in [0, 0.05) is 16.7 Å². The van der Waals surface area contributed by atoms with E-state index < -0.39 is 11.7 Å². The average molecular weight is 488 g/mol. The van der Waals surface area contributed by atoms with Crippen LogP contribution in [0, 0.1) is 0 Å². The Morgan fingerprint density at radius 2 is 1.06 bits per heavy atom. The topological polar surface area (TPSA) is 78.5 Å². The molecule has 0 radical (unpaired) electrons. The second-order valence-corrected chi connectivity index (χ2v) is 8.14. The number of halogens is 3. The van der Waals surface area contributed by atoms with Crippen molar-refractivity contribution in [3.63, 3.8) is 0 Å². The fourth-order valence-electron chi connectivity index (χ4n) is 4.10. The van der Waals surface area contributed by atoms with Gasteiger partial charge in [-0.05, 0) is 78.4 Å². The minimum absolute atomic E-state index is 0.00504. The van der Waals surface area contributed by atoms with Gasteiger partial charge in [-0.2, -0.15) is 18.3 Å². The Balaban J connectivity index is 1.91. The van der Waals surface area contributed by atoms with Gasteiger partial charge < -0.3 is 15.3 Å². The molecule has 0 unspecified atom stereocenters. The van der Waals surface area contributed by atoms with Gasteiger partial charge in [-0.15, -0.1) is 0 Å². The number of hydrogen-bond donors (Lipinski definition) is 3. The summed E-state index contributed by atoms with van der Waals surface area (Å²) in [4.78, 5) is 0. The largest absolute Gasteiger partial charge is 0.508 e. The maximum atomic E-state index is 14.0. The van der Waals surface area contributed by atoms with Gasteiger partial charge in [0.25, 0.3) is 0 Å². The molecule has 0 aliphatic rings. The van der Waals surface area contributed by atoms with Crippen LogP contribution in [0.25, 0.3) is 39.3 Å². The predicted octanol–water partition coefficient (Wildman–Crippen LogP) is 7.01. The molecule has 180 valence electrons. The van der Waals surface area contributed by atoms with E-state index in [1.807, 2.05) is 0 Å². The summed E-state index contributed by atoms with van der Waals surface area (Å²) in [5.74, 6) is 0.0712. The minimum atomic E-state index is -4.63. The standard InChI is InChI=1S/C28H19F3N2O3/c29-28(30,31)23-3-1-2-4-24(23)33-27(19-9-15-22(36)16-10-19)25(17-5-11-20(34)12-6-17)26(32-33)18-7-13-21(35)14-8-18/h1-16,34-36H. The zero-order valence-electron chi connectivity index (χ0n) is 18.6. The van der Waals surface area contributed by atoms with Gasteiger partial charge in [-0.1, -0.05) is 24.3 Å². The van der Waals surface area contributed by atoms with Crippen LogP contribution >= 0.6 is 0 Å². The first kappa shape index (κ1) is 23.0. The minimum Gasteiger partial charge on any atom is -0.508 e. The molecule has 0 bridgehead atoms. The van der Waals surface area contributed by atoms with Crippen LogP contribution in [0.1, 0.15) is 5.56 Å². The summed E-state index contributed by atoms with van der Waals surface area (Å²) in [7, 11) is 0. The summed E-state index contributed by atoms with van der Waals surface area (Å²) < 4.78 is 43.3. The molecule has 0 spiro atoms. The summed E-state index contributed by atoms with van der Waals surface area (Å²) >= 11 is 0. The molecule has 4 aromatic carbocycles. The normalized spacial score (nSPS) is 11.5. The van der Waals surface area contributed by atoms with E-state index in [0.29, 0.717) is 33.6 Å². The molecule has 0 saturated heterocycles. The quantitative estimate of drug-likeness (QED) is 0.254. The van der Waals surface area contributed by atoms with Crippen molar-refractivity contribution in [2.75, 3.05) is 0 Å². The number of hydrogen-bond acceptors (Lipinski definition) is 4. The van der Waals surface area contributed by atoms with Crippen molar-refractivity contribution in [1.82, 2.24) is 9.78 Å². The lowest BCUT2D eigenvalue weighted by atomic mass is 9.95. The zero-order valence-corrected chi connectivity index (χ0v) is 18.6. The highest BCUT2D eigenvalue weighted by Gasteiger charge is 2.35. The van der Waals surface area contributed by atoms with Crippen molar-refractivity contribution in [3.05, 3.63) is 103 Å². The molecule has 0 saturated carbocycles. The van der Waals surface area contributed by atoms with Crippen molar-refractivity contribution in [2.45, 2.75) is 6.18 Å². The summed E-state index contributed by atoms with van der Waals surface area (Å²) in [6.07, 6.45) is -4.63. The highest BCUT2D eigenvalue weighted by Crippen LogP contribution is 2.44. The van der Waals surface area contributed by atoms with E-state index in [1.54, 1.807) is 36.4 Å². The SMILES string of the molecule is Oc1ccc(-c2nn(-c3ccccc3C(F)(F)F)c(-c3ccc(O)cc3)c2-c2ccc(O)cc2)cc1. The Morgan fingerprint density at radius 3 is 1.58 bits per heavy atom. The fourth-order valence-corrected chi connectivity index (χ4v) is 4.10. The Kier molecular flexibility index (Phi) is 5.64. The van der Waals surface area contributed by atoms with Crippen LogP contribution in [-0.4, -0.2) is 25.1 Å². The summed E-state index contributed by atoms with van der Waals surface area (Å²) in [5.41, 5.74) is 1.92. The molecular formula is C28H19F3N2O3. The molecule has 0 amide bonds. The van der Waals surface area contributed by atoms with Crippen LogP contribution in [-0.2, 0) is 6.18 Å². The van der Waals surface area contributed by atoms with Crippen molar-refractivity contribution < 1.29 is 28.5 Å². The summed E-state index contributed by atoms with van der Waals surface area (Å²) in [6.45, 7) is 0. The van der Waals surface area contributed by atoms with Crippen LogP contribution in [0.5, 0.6) is 17.2 Å². The zero-order chi connectivity index (χ0) is 25.4. The summed E-state index contributed by atoms with van der Waals surface area (Å²) in [6, 6.07) is 23.7. The Labute approximate surface area is 204 Å². The highest BCUT2D eigenvalue weighted by atomic mass is 19.4. The number of aromatic nitrogens is 2. The van der Waals surface area contributed by atoms with Gasteiger partial charge >= 0.3 is 6.18 Å². The molecule has 0 aliphatic carbocycles. The summed E-state index contributed by atoms with van der Waals surface area (Å²) in [5, 5.41) is 34.1. The fraction of sp³-hybridized carbons (Fsp3) is 0.0357. The van der Waals surface area contributed by atoms with Gasteiger partial charge in [0.1, 0.15) is 22.9 Å². The molecule has 1 heterocycles. The Hall–Kier alpha value is -4.72. The highest BCUT2D eigenvalue weighted by molar-refractivity contribution is 5.93. The number of rotatable bonds is 4. The van der Waals surface area contributed by atoms with E-state index in [2.05, 4.69) is 5.10 Å². The van der Waals surface area contributed by atoms with Gasteiger partial charge in [0.15, 0.2) is 0 Å². The smallest absolute Gasteiger partial charge is 0.418 e. The van der Waals surface area contributed by atoms with E-state index in [1.165, 1.54) is 59.3 Å². The number of alkyl halides is 3. The molecule has 8 heteroatoms. The second-order valence-electron chi connectivity index (χ2n) is 8.14. The third-order valence-electron chi connectivity index (χ3n) is 5.76. The lowest BCUT2D eigenvalue weighted by Crippen LogP contribution is -2.12. The van der Waals surface area contributed by atoms with Crippen LogP contribution in [0.2, 0.25) is 0 Å². The van der Waals surface area contributed by atoms with Crippen molar-refractivity contribution in [3.8, 4) is 56.6 Å². The maximum absolute atomic E-state index is 14.0. The average Bonchev–Trinajstić information content (AvgIpc) is 3.25. The molecule has 0 aliphatic heterocycles. The lowest BCUT2D eigenvalue weighted by molar-refractivity contribution is -0.137. The number of benzene rings is 4. The van der Waals surface area contributed by atoms with Crippen molar-refractivity contribution >= 4 is 0 Å². The molecule has 0 fully saturated rings. The first-order valence-electron chi connectivity index (χ1n) is 10.9. The van der Waals surface area contributed by atoms with Gasteiger partial charge in [0.05, 0.1) is 16.9 Å². The molecule has 5 rings (SSSR count). The number of phenols is 3. The number of para-hydroxylation sites is 1. The first-order valence-corrected chi connectivity index (χ1v) is 10.9. The van der Waals surface area contributed by atoms with Crippen LogP contribution in [0.4, 0.5) is 13.2 Å². The Bertz CT molecular complexity index is 1520. The van der Waals surface area contributed by atoms with Crippen LogP contribution in [0.15, 0.2) is 97.1 Å². The molecule has 36 heavy (non-hydrogen) atoms. The third kappa shape index (κ3) is 4.24. The van der Waals surface area contributed by atoms with Crippen LogP contribution < -0.4 is 0 Å². The van der Waals surface area contributed by atoms with Gasteiger partial charge in [-0.3, -0.25) is 0 Å². The second kappa shape index (κ2) is 8.81. The molecule has 5 nitrogen and oxygen atoms in total. The van der Waals surface area contributed by atoms with Crippen molar-refractivity contribution in [1.29, 1.82) is 0 Å². The van der Waals surface area contributed by atoms with Gasteiger partial charge in [0.2, 0.25) is 0 Å². The molecule has 1 aromatic heterocycles. The first-order chi connectivity index (χ1) is 17.2. The van der Waals surface area contributed by atoms with E-state index in [-0.39, 0.29) is 22.9 Å². The predicted molar refractivity (Wildman–Crippen MR) is 130 cm³/mol. The van der Waals surface area contributed by atoms with Gasteiger partial charge in [-0.25, -0.2) is 4.68 Å². The third-order valence-corrected chi connectivity index (χ3v) is 5.76.